The smallest absolute Gasteiger partial charge is 0.0480 e. The van der Waals surface area contributed by atoms with E-state index < -0.39 is 0 Å². The van der Waals surface area contributed by atoms with Crippen molar-refractivity contribution in [2.45, 2.75) is 25.3 Å². The van der Waals surface area contributed by atoms with Crippen molar-refractivity contribution in [2.24, 2.45) is 0 Å². The van der Waals surface area contributed by atoms with Gasteiger partial charge in [0.1, 0.15) is 0 Å². The van der Waals surface area contributed by atoms with Gasteiger partial charge in [0, 0.05) is 32.3 Å². The van der Waals surface area contributed by atoms with Crippen molar-refractivity contribution in [2.75, 3.05) is 33.4 Å². The zero-order chi connectivity index (χ0) is 8.65. The first kappa shape index (κ1) is 9.96. The van der Waals surface area contributed by atoms with E-state index in [2.05, 4.69) is 10.6 Å². The molecule has 72 valence electrons. The second-order valence-corrected chi connectivity index (χ2v) is 3.30. The number of hydrogen-bond acceptors (Lipinski definition) is 3. The average molecular weight is 172 g/mol. The van der Waals surface area contributed by atoms with Crippen LogP contribution in [0.4, 0.5) is 0 Å². The van der Waals surface area contributed by atoms with Crippen molar-refractivity contribution < 1.29 is 4.74 Å². The van der Waals surface area contributed by atoms with Crippen LogP contribution < -0.4 is 10.6 Å². The quantitative estimate of drug-likeness (QED) is 0.601. The Hall–Kier alpha value is -0.120. The predicted molar refractivity (Wildman–Crippen MR) is 50.4 cm³/mol. The first-order valence-corrected chi connectivity index (χ1v) is 4.89. The highest BCUT2D eigenvalue weighted by Crippen LogP contribution is 2.07. The third-order valence-corrected chi connectivity index (χ3v) is 2.26. The van der Waals surface area contributed by atoms with Gasteiger partial charge >= 0.3 is 0 Å². The van der Waals surface area contributed by atoms with E-state index in [1.54, 1.807) is 0 Å². The Morgan fingerprint density at radius 3 is 3.00 bits per heavy atom. The summed E-state index contributed by atoms with van der Waals surface area (Å²) in [4.78, 5) is 0. The molecule has 0 aromatic carbocycles. The molecule has 0 aromatic rings. The lowest BCUT2D eigenvalue weighted by atomic mass is 10.1. The van der Waals surface area contributed by atoms with Gasteiger partial charge < -0.3 is 15.4 Å². The van der Waals surface area contributed by atoms with E-state index in [1.807, 2.05) is 7.05 Å². The second kappa shape index (κ2) is 6.40. The van der Waals surface area contributed by atoms with Gasteiger partial charge in [0.2, 0.25) is 0 Å². The first-order chi connectivity index (χ1) is 5.93. The Bertz CT molecular complexity index is 101. The number of ether oxygens (including phenoxy) is 1. The van der Waals surface area contributed by atoms with Crippen LogP contribution in [-0.4, -0.2) is 39.4 Å². The maximum atomic E-state index is 5.38. The summed E-state index contributed by atoms with van der Waals surface area (Å²) < 4.78 is 5.38. The topological polar surface area (TPSA) is 33.3 Å². The molecule has 1 saturated heterocycles. The summed E-state index contributed by atoms with van der Waals surface area (Å²) in [6.07, 6.45) is 3.64. The minimum atomic E-state index is 0.681. The monoisotopic (exact) mass is 172 g/mol. The van der Waals surface area contributed by atoms with Crippen molar-refractivity contribution in [3.63, 3.8) is 0 Å². The normalized spacial score (nSPS) is 25.2. The minimum Gasteiger partial charge on any atom is -0.381 e. The SMILES string of the molecule is CNCCNC1CCCOCC1. The molecule has 1 rings (SSSR count). The number of nitrogens with one attached hydrogen (secondary N) is 2. The van der Waals surface area contributed by atoms with Crippen molar-refractivity contribution in [3.8, 4) is 0 Å². The van der Waals surface area contributed by atoms with Crippen molar-refractivity contribution in [3.05, 3.63) is 0 Å². The summed E-state index contributed by atoms with van der Waals surface area (Å²) >= 11 is 0. The lowest BCUT2D eigenvalue weighted by molar-refractivity contribution is 0.142. The van der Waals surface area contributed by atoms with Gasteiger partial charge in [0.25, 0.3) is 0 Å². The fourth-order valence-corrected chi connectivity index (χ4v) is 1.51. The van der Waals surface area contributed by atoms with Crippen LogP contribution in [0.2, 0.25) is 0 Å². The van der Waals surface area contributed by atoms with Gasteiger partial charge in [-0.2, -0.15) is 0 Å². The average Bonchev–Trinajstić information content (AvgIpc) is 2.33. The van der Waals surface area contributed by atoms with Crippen molar-refractivity contribution in [1.29, 1.82) is 0 Å². The van der Waals surface area contributed by atoms with Crippen LogP contribution in [0.1, 0.15) is 19.3 Å². The molecule has 0 aromatic heterocycles. The van der Waals surface area contributed by atoms with Gasteiger partial charge in [-0.1, -0.05) is 0 Å². The number of hydrogen-bond donors (Lipinski definition) is 2. The van der Waals surface area contributed by atoms with Crippen LogP contribution in [0.15, 0.2) is 0 Å². The Kier molecular flexibility index (Phi) is 5.32. The van der Waals surface area contributed by atoms with E-state index in [0.717, 1.165) is 26.3 Å². The fraction of sp³-hybridized carbons (Fsp3) is 1.00. The molecule has 3 heteroatoms. The largest absolute Gasteiger partial charge is 0.381 e. The molecule has 0 spiro atoms. The minimum absolute atomic E-state index is 0.681. The van der Waals surface area contributed by atoms with E-state index >= 15 is 0 Å². The second-order valence-electron chi connectivity index (χ2n) is 3.30. The maximum absolute atomic E-state index is 5.38. The van der Waals surface area contributed by atoms with Gasteiger partial charge in [-0.25, -0.2) is 0 Å². The maximum Gasteiger partial charge on any atom is 0.0480 e. The molecule has 2 N–H and O–H groups in total. The molecule has 0 aliphatic carbocycles. The van der Waals surface area contributed by atoms with Crippen LogP contribution in [0, 0.1) is 0 Å². The van der Waals surface area contributed by atoms with E-state index in [1.165, 1.54) is 19.3 Å². The summed E-state index contributed by atoms with van der Waals surface area (Å²) in [5.41, 5.74) is 0. The van der Waals surface area contributed by atoms with Crippen LogP contribution in [0.3, 0.4) is 0 Å². The fourth-order valence-electron chi connectivity index (χ4n) is 1.51. The highest BCUT2D eigenvalue weighted by atomic mass is 16.5. The van der Waals surface area contributed by atoms with E-state index in [0.29, 0.717) is 6.04 Å². The van der Waals surface area contributed by atoms with Crippen LogP contribution in [-0.2, 0) is 4.74 Å². The van der Waals surface area contributed by atoms with Crippen LogP contribution in [0.25, 0.3) is 0 Å². The summed E-state index contributed by atoms with van der Waals surface area (Å²) in [5, 5.41) is 6.65. The highest BCUT2D eigenvalue weighted by Gasteiger charge is 2.10. The molecule has 0 saturated carbocycles. The summed E-state index contributed by atoms with van der Waals surface area (Å²) in [6.45, 7) is 4.00. The lowest BCUT2D eigenvalue weighted by Crippen LogP contribution is -2.34. The van der Waals surface area contributed by atoms with Crippen LogP contribution >= 0.6 is 0 Å². The molecule has 1 fully saturated rings. The lowest BCUT2D eigenvalue weighted by Gasteiger charge is -2.14. The molecule has 1 aliphatic rings. The van der Waals surface area contributed by atoms with Crippen molar-refractivity contribution in [1.82, 2.24) is 10.6 Å². The van der Waals surface area contributed by atoms with Gasteiger partial charge in [0.05, 0.1) is 0 Å². The molecular formula is C9H20N2O. The van der Waals surface area contributed by atoms with E-state index in [-0.39, 0.29) is 0 Å². The van der Waals surface area contributed by atoms with Gasteiger partial charge in [-0.3, -0.25) is 0 Å². The Labute approximate surface area is 74.9 Å². The molecule has 3 nitrogen and oxygen atoms in total. The molecule has 0 radical (unpaired) electrons. The van der Waals surface area contributed by atoms with Gasteiger partial charge in [-0.05, 0) is 26.3 Å². The molecule has 1 atom stereocenters. The van der Waals surface area contributed by atoms with E-state index in [9.17, 15) is 0 Å². The highest BCUT2D eigenvalue weighted by molar-refractivity contribution is 4.69. The Morgan fingerprint density at radius 1 is 1.25 bits per heavy atom. The zero-order valence-corrected chi connectivity index (χ0v) is 7.94. The van der Waals surface area contributed by atoms with E-state index in [4.69, 9.17) is 4.74 Å². The van der Waals surface area contributed by atoms with Gasteiger partial charge in [-0.15, -0.1) is 0 Å². The third kappa shape index (κ3) is 4.04. The molecule has 12 heavy (non-hydrogen) atoms. The Balaban J connectivity index is 2.04. The molecule has 1 heterocycles. The number of rotatable bonds is 4. The van der Waals surface area contributed by atoms with Gasteiger partial charge in [0.15, 0.2) is 0 Å². The summed E-state index contributed by atoms with van der Waals surface area (Å²) in [7, 11) is 1.98. The summed E-state index contributed by atoms with van der Waals surface area (Å²) in [6, 6.07) is 0.681. The molecular weight excluding hydrogens is 152 g/mol. The summed E-state index contributed by atoms with van der Waals surface area (Å²) in [5.74, 6) is 0. The standard InChI is InChI=1S/C9H20N2O/c1-10-5-6-11-9-3-2-7-12-8-4-9/h9-11H,2-8H2,1H3. The molecule has 1 unspecified atom stereocenters. The predicted octanol–water partition coefficient (Wildman–Crippen LogP) is 0.364. The zero-order valence-electron chi connectivity index (χ0n) is 7.94. The third-order valence-electron chi connectivity index (χ3n) is 2.26. The number of likely N-dealkylation sites (N-methyl/N-ethyl adjacent to an activating group) is 1. The van der Waals surface area contributed by atoms with Crippen molar-refractivity contribution >= 4 is 0 Å². The Morgan fingerprint density at radius 2 is 2.17 bits per heavy atom. The molecule has 1 aliphatic heterocycles. The first-order valence-electron chi connectivity index (χ1n) is 4.89. The van der Waals surface area contributed by atoms with Crippen LogP contribution in [0.5, 0.6) is 0 Å². The molecule has 0 amide bonds. The molecule has 0 bridgehead atoms.